The van der Waals surface area contributed by atoms with Gasteiger partial charge in [0, 0.05) is 5.39 Å². The zero-order valence-electron chi connectivity index (χ0n) is 16.5. The molecule has 6 nitrogen and oxygen atoms in total. The molecule has 3 N–H and O–H groups in total. The molecule has 0 radical (unpaired) electrons. The summed E-state index contributed by atoms with van der Waals surface area (Å²) in [6, 6.07) is 0. The van der Waals surface area contributed by atoms with Gasteiger partial charge >= 0.3 is 5.97 Å². The monoisotopic (exact) mass is 418 g/mol. The van der Waals surface area contributed by atoms with Gasteiger partial charge in [-0.15, -0.1) is 0 Å². The predicted octanol–water partition coefficient (Wildman–Crippen LogP) is 1.48. The van der Waals surface area contributed by atoms with Crippen molar-refractivity contribution < 1.29 is 28.9 Å². The Morgan fingerprint density at radius 1 is 1.19 bits per heavy atom. The number of fused-ring (bicyclic) bond motifs is 1. The van der Waals surface area contributed by atoms with Gasteiger partial charge in [-0.3, -0.25) is 0 Å². The number of phenolic OH excluding ortho intramolecular Hbond substituents is 1. The van der Waals surface area contributed by atoms with E-state index in [-0.39, 0.29) is 15.8 Å². The highest BCUT2D eigenvalue weighted by molar-refractivity contribution is 6.46. The van der Waals surface area contributed by atoms with E-state index in [0.29, 0.717) is 41.0 Å². The van der Waals surface area contributed by atoms with Crippen molar-refractivity contribution in [2.45, 2.75) is 27.3 Å². The van der Waals surface area contributed by atoms with Crippen LogP contribution in [-0.4, -0.2) is 51.4 Å². The van der Waals surface area contributed by atoms with E-state index >= 15 is 0 Å². The van der Waals surface area contributed by atoms with Gasteiger partial charge in [0.1, 0.15) is 46.8 Å². The zero-order chi connectivity index (χ0) is 20.3. The number of aryl methyl sites for hydroxylation is 1. The molecule has 0 spiro atoms. The van der Waals surface area contributed by atoms with Crippen molar-refractivity contribution in [1.82, 2.24) is 0 Å². The Labute approximate surface area is 169 Å². The summed E-state index contributed by atoms with van der Waals surface area (Å²) in [5.41, 5.74) is 1.12. The third kappa shape index (κ3) is 4.51. The molecule has 1 aromatic heterocycles. The van der Waals surface area contributed by atoms with Gasteiger partial charge in [0.2, 0.25) is 0 Å². The van der Waals surface area contributed by atoms with Gasteiger partial charge < -0.3 is 24.1 Å². The number of rotatable bonds is 8. The summed E-state index contributed by atoms with van der Waals surface area (Å²) in [5.74, 6) is -0.216. The lowest BCUT2D eigenvalue weighted by Crippen LogP contribution is -3.11. The maximum absolute atomic E-state index is 12.8. The minimum Gasteiger partial charge on any atom is -0.506 e. The topological polar surface area (TPSA) is 68.5 Å². The number of quaternary nitrogens is 2. The van der Waals surface area contributed by atoms with E-state index < -0.39 is 5.97 Å². The van der Waals surface area contributed by atoms with Crippen LogP contribution in [0.25, 0.3) is 11.0 Å². The van der Waals surface area contributed by atoms with Crippen LogP contribution in [0.1, 0.15) is 35.5 Å². The van der Waals surface area contributed by atoms with Crippen LogP contribution >= 0.6 is 23.2 Å². The molecule has 0 aliphatic carbocycles. The van der Waals surface area contributed by atoms with Crippen molar-refractivity contribution in [3.63, 3.8) is 0 Å². The van der Waals surface area contributed by atoms with Crippen LogP contribution < -0.4 is 9.80 Å². The number of benzene rings is 1. The zero-order valence-corrected chi connectivity index (χ0v) is 18.0. The molecular weight excluding hydrogens is 391 g/mol. The second-order valence-corrected chi connectivity index (χ2v) is 7.68. The molecule has 1 aromatic carbocycles. The first-order valence-corrected chi connectivity index (χ1v) is 9.89. The van der Waals surface area contributed by atoms with E-state index in [9.17, 15) is 9.90 Å². The molecule has 0 atom stereocenters. The van der Waals surface area contributed by atoms with Gasteiger partial charge in [0.05, 0.1) is 32.7 Å². The van der Waals surface area contributed by atoms with Crippen molar-refractivity contribution >= 4 is 40.1 Å². The number of ether oxygens (including phenoxy) is 1. The van der Waals surface area contributed by atoms with E-state index in [1.807, 2.05) is 14.1 Å². The quantitative estimate of drug-likeness (QED) is 0.567. The van der Waals surface area contributed by atoms with Crippen molar-refractivity contribution in [3.8, 4) is 5.75 Å². The van der Waals surface area contributed by atoms with E-state index in [1.54, 1.807) is 6.92 Å². The molecule has 2 aromatic rings. The summed E-state index contributed by atoms with van der Waals surface area (Å²) >= 11 is 12.4. The van der Waals surface area contributed by atoms with Gasteiger partial charge in [-0.05, 0) is 20.8 Å². The largest absolute Gasteiger partial charge is 0.506 e. The van der Waals surface area contributed by atoms with Crippen molar-refractivity contribution in [1.29, 1.82) is 0 Å². The Morgan fingerprint density at radius 2 is 1.81 bits per heavy atom. The smallest absolute Gasteiger partial charge is 0.342 e. The molecule has 8 heteroatoms. The minimum absolute atomic E-state index is 0.0271. The number of aromatic hydroxyl groups is 1. The van der Waals surface area contributed by atoms with Gasteiger partial charge in [-0.1, -0.05) is 23.2 Å². The second kappa shape index (κ2) is 9.15. The maximum Gasteiger partial charge on any atom is 0.342 e. The molecule has 150 valence electrons. The van der Waals surface area contributed by atoms with Gasteiger partial charge in [0.15, 0.2) is 5.58 Å². The normalized spacial score (nSPS) is 11.7. The molecule has 1 heterocycles. The Hall–Kier alpha value is -1.47. The first-order chi connectivity index (χ1) is 12.7. The molecule has 27 heavy (non-hydrogen) atoms. The first kappa shape index (κ1) is 21.8. The molecule has 0 bridgehead atoms. The lowest BCUT2D eigenvalue weighted by atomic mass is 10.0. The molecule has 0 saturated heterocycles. The summed E-state index contributed by atoms with van der Waals surface area (Å²) in [7, 11) is 3.87. The molecule has 0 aliphatic heterocycles. The number of nitrogens with one attached hydrogen (secondary N) is 2. The first-order valence-electron chi connectivity index (χ1n) is 9.14. The summed E-state index contributed by atoms with van der Waals surface area (Å²) < 4.78 is 11.2. The van der Waals surface area contributed by atoms with Crippen LogP contribution in [0.4, 0.5) is 0 Å². The minimum atomic E-state index is -0.481. The third-order valence-electron chi connectivity index (χ3n) is 4.70. The number of carbonyl (C=O) groups excluding carboxylic acids is 1. The highest BCUT2D eigenvalue weighted by Crippen LogP contribution is 2.44. The van der Waals surface area contributed by atoms with Crippen molar-refractivity contribution in [3.05, 3.63) is 26.9 Å². The van der Waals surface area contributed by atoms with E-state index in [0.717, 1.165) is 24.5 Å². The molecule has 0 unspecified atom stereocenters. The summed E-state index contributed by atoms with van der Waals surface area (Å²) in [4.78, 5) is 15.2. The number of furan rings is 1. The predicted molar refractivity (Wildman–Crippen MR) is 106 cm³/mol. The molecule has 0 aliphatic rings. The fourth-order valence-electron chi connectivity index (χ4n) is 3.18. The molecule has 2 rings (SSSR count). The second-order valence-electron chi connectivity index (χ2n) is 6.92. The van der Waals surface area contributed by atoms with Gasteiger partial charge in [-0.2, -0.15) is 0 Å². The summed E-state index contributed by atoms with van der Waals surface area (Å²) in [6.45, 7) is 9.31. The van der Waals surface area contributed by atoms with Crippen molar-refractivity contribution in [2.75, 3.05) is 40.3 Å². The molecule has 0 saturated carbocycles. The standard InChI is InChI=1S/C19H26Cl2N2O4/c1-6-23(7-2)8-9-26-19(25)13-11(3)27-18-14(13)12(10-22(4)5)17(24)15(20)16(18)21/h24H,6-10H2,1-5H3/p+2. The average Bonchev–Trinajstić information content (AvgIpc) is 2.97. The number of carbonyl (C=O) groups is 1. The number of phenols is 1. The number of halogens is 2. The molecule has 0 amide bonds. The van der Waals surface area contributed by atoms with Crippen LogP contribution in [0.15, 0.2) is 4.42 Å². The van der Waals surface area contributed by atoms with E-state index in [1.165, 1.54) is 4.90 Å². The highest BCUT2D eigenvalue weighted by Gasteiger charge is 2.29. The van der Waals surface area contributed by atoms with Crippen LogP contribution in [0, 0.1) is 6.92 Å². The van der Waals surface area contributed by atoms with Crippen molar-refractivity contribution in [2.24, 2.45) is 0 Å². The lowest BCUT2D eigenvalue weighted by molar-refractivity contribution is -0.896. The fraction of sp³-hybridized carbons (Fsp3) is 0.526. The average molecular weight is 419 g/mol. The number of likely N-dealkylation sites (N-methyl/N-ethyl adjacent to an activating group) is 1. The van der Waals surface area contributed by atoms with E-state index in [4.69, 9.17) is 32.4 Å². The molecule has 0 fully saturated rings. The number of esters is 1. The lowest BCUT2D eigenvalue weighted by Gasteiger charge is -2.15. The summed E-state index contributed by atoms with van der Waals surface area (Å²) in [6.07, 6.45) is 0. The third-order valence-corrected chi connectivity index (χ3v) is 5.52. The van der Waals surface area contributed by atoms with Gasteiger partial charge in [-0.25, -0.2) is 4.79 Å². The van der Waals surface area contributed by atoms with E-state index in [2.05, 4.69) is 13.8 Å². The number of hydrogen-bond acceptors (Lipinski definition) is 4. The fourth-order valence-corrected chi connectivity index (χ4v) is 3.60. The Bertz CT molecular complexity index is 829. The number of hydrogen-bond donors (Lipinski definition) is 3. The summed E-state index contributed by atoms with van der Waals surface area (Å²) in [5, 5.41) is 11.1. The maximum atomic E-state index is 12.8. The van der Waals surface area contributed by atoms with Crippen LogP contribution in [0.5, 0.6) is 5.75 Å². The Morgan fingerprint density at radius 3 is 2.37 bits per heavy atom. The Balaban J connectivity index is 2.47. The van der Waals surface area contributed by atoms with Crippen LogP contribution in [0.2, 0.25) is 10.0 Å². The Kier molecular flexibility index (Phi) is 7.40. The SMILES string of the molecule is CC[NH+](CC)CCOC(=O)c1c(C)oc2c(Cl)c(Cl)c(O)c(C[NH+](C)C)c12. The van der Waals surface area contributed by atoms with Crippen LogP contribution in [-0.2, 0) is 11.3 Å². The highest BCUT2D eigenvalue weighted by atomic mass is 35.5. The van der Waals surface area contributed by atoms with Crippen LogP contribution in [0.3, 0.4) is 0 Å². The molecular formula is C19H28Cl2N2O4+2. The van der Waals surface area contributed by atoms with Gasteiger partial charge in [0.25, 0.3) is 0 Å².